The molecule has 3 rings (SSSR count). The normalized spacial score (nSPS) is 12.7. The monoisotopic (exact) mass is 637 g/mol. The van der Waals surface area contributed by atoms with Crippen molar-refractivity contribution in [1.82, 2.24) is 4.98 Å². The predicted molar refractivity (Wildman–Crippen MR) is 154 cm³/mol. The molecule has 2 heterocycles. The first-order valence-electron chi connectivity index (χ1n) is 13.0. The molecule has 0 aliphatic rings. The summed E-state index contributed by atoms with van der Waals surface area (Å²) < 4.78 is 39.2. The molecule has 0 saturated heterocycles. The van der Waals surface area contributed by atoms with Gasteiger partial charge in [0.15, 0.2) is 0 Å². The number of thiazole rings is 1. The summed E-state index contributed by atoms with van der Waals surface area (Å²) in [4.78, 5) is 9.49. The van der Waals surface area contributed by atoms with Gasteiger partial charge in [0.25, 0.3) is 0 Å². The van der Waals surface area contributed by atoms with Crippen LogP contribution in [0.5, 0.6) is 0 Å². The Morgan fingerprint density at radius 3 is 2.08 bits per heavy atom. The number of aromatic nitrogens is 1. The van der Waals surface area contributed by atoms with Gasteiger partial charge in [0.2, 0.25) is 0 Å². The second-order valence-corrected chi connectivity index (χ2v) is 25.4. The van der Waals surface area contributed by atoms with E-state index in [4.69, 9.17) is 4.42 Å². The summed E-state index contributed by atoms with van der Waals surface area (Å²) in [6, 6.07) is 10.6. The zero-order chi connectivity index (χ0) is 26.0. The Bertz CT molecular complexity index is 1150. The van der Waals surface area contributed by atoms with Gasteiger partial charge in [-0.05, 0) is 0 Å². The van der Waals surface area contributed by atoms with Crippen LogP contribution < -0.4 is 2.53 Å². The maximum absolute atomic E-state index is 14.4. The van der Waals surface area contributed by atoms with E-state index in [1.165, 1.54) is 11.3 Å². The van der Waals surface area contributed by atoms with E-state index in [2.05, 4.69) is 30.7 Å². The van der Waals surface area contributed by atoms with E-state index in [9.17, 15) is 8.42 Å². The van der Waals surface area contributed by atoms with Crippen molar-refractivity contribution in [1.29, 1.82) is 0 Å². The molecule has 9 heteroatoms. The van der Waals surface area contributed by atoms with Crippen molar-refractivity contribution in [2.75, 3.05) is 2.53 Å². The van der Waals surface area contributed by atoms with Crippen LogP contribution in [0.3, 0.4) is 0 Å². The van der Waals surface area contributed by atoms with Gasteiger partial charge in [0.1, 0.15) is 0 Å². The molecule has 36 heavy (non-hydrogen) atoms. The quantitative estimate of drug-likeness (QED) is 0.124. The van der Waals surface area contributed by atoms with Crippen LogP contribution in [0.4, 0.5) is 10.8 Å². The zero-order valence-electron chi connectivity index (χ0n) is 21.9. The zero-order valence-corrected chi connectivity index (χ0v) is 26.4. The van der Waals surface area contributed by atoms with Gasteiger partial charge in [-0.25, -0.2) is 0 Å². The van der Waals surface area contributed by atoms with Gasteiger partial charge in [0, 0.05) is 0 Å². The second kappa shape index (κ2) is 13.8. The van der Waals surface area contributed by atoms with Gasteiger partial charge in [-0.1, -0.05) is 0 Å². The molecule has 0 radical (unpaired) electrons. The summed E-state index contributed by atoms with van der Waals surface area (Å²) in [5.74, 6) is 0.697. The summed E-state index contributed by atoms with van der Waals surface area (Å²) in [5, 5.41) is 2.54. The first kappa shape index (κ1) is 28.9. The summed E-state index contributed by atoms with van der Waals surface area (Å²) in [6.07, 6.45) is 9.78. The van der Waals surface area contributed by atoms with Crippen LogP contribution in [0.15, 0.2) is 68.5 Å². The van der Waals surface area contributed by atoms with Crippen molar-refractivity contribution in [3.05, 3.63) is 60.0 Å². The number of nitrogens with zero attached hydrogens (tertiary/aromatic N) is 3. The Morgan fingerprint density at radius 2 is 1.61 bits per heavy atom. The number of unbranched alkanes of at least 4 members (excludes halogenated alkanes) is 3. The minimum atomic E-state index is -3.75. The Balaban J connectivity index is 2.05. The summed E-state index contributed by atoms with van der Waals surface area (Å²) in [6.45, 7) is 8.47. The number of aliphatic imine (C=N–C) groups is 1. The van der Waals surface area contributed by atoms with E-state index in [0.717, 1.165) is 57.5 Å². The standard InChI is InChI=1S/C15H12N3O3S2.3C4H9.Sn/c1-11(14-3-2-9-21-14)17-12-4-6-13(7-5-12)23(19,20)18-15-16-8-10-22-15;3*1-3-4-2;/h2-10H,1H3;3*1,3-4H2,2H3;/q-1;;;;+1. The van der Waals surface area contributed by atoms with E-state index in [1.807, 2.05) is 27.0 Å². The van der Waals surface area contributed by atoms with Crippen LogP contribution in [0.1, 0.15) is 72.0 Å². The van der Waals surface area contributed by atoms with Crippen LogP contribution in [-0.2, 0) is 10.0 Å². The molecule has 0 saturated carbocycles. The molecule has 0 aliphatic carbocycles. The Labute approximate surface area is 225 Å². The van der Waals surface area contributed by atoms with Crippen molar-refractivity contribution in [2.24, 2.45) is 4.99 Å². The molecule has 0 bridgehead atoms. The fourth-order valence-corrected chi connectivity index (χ4v) is 29.7. The summed E-state index contributed by atoms with van der Waals surface area (Å²) in [5.41, 5.74) is 1.44. The van der Waals surface area contributed by atoms with Crippen LogP contribution in [0.2, 0.25) is 13.3 Å². The number of hydrogen-bond donors (Lipinski definition) is 0. The van der Waals surface area contributed by atoms with Crippen LogP contribution in [0, 0.1) is 0 Å². The maximum atomic E-state index is 14.4. The molecule has 6 nitrogen and oxygen atoms in total. The van der Waals surface area contributed by atoms with E-state index >= 15 is 0 Å². The van der Waals surface area contributed by atoms with Crippen molar-refractivity contribution in [2.45, 2.75) is 84.4 Å². The van der Waals surface area contributed by atoms with Gasteiger partial charge in [-0.2, -0.15) is 0 Å². The molecule has 3 aromatic rings. The van der Waals surface area contributed by atoms with Gasteiger partial charge in [-0.3, -0.25) is 0 Å². The molecule has 0 atom stereocenters. The Hall–Kier alpha value is -1.65. The van der Waals surface area contributed by atoms with Crippen LogP contribution in [-0.4, -0.2) is 37.8 Å². The number of sulfonamides is 1. The van der Waals surface area contributed by atoms with Gasteiger partial charge < -0.3 is 0 Å². The Kier molecular flexibility index (Phi) is 11.1. The number of furan rings is 1. The van der Waals surface area contributed by atoms with Crippen LogP contribution >= 0.6 is 11.3 Å². The van der Waals surface area contributed by atoms with Gasteiger partial charge in [-0.15, -0.1) is 0 Å². The molecule has 0 spiro atoms. The fourth-order valence-electron chi connectivity index (χ4n) is 4.61. The molecule has 0 amide bonds. The first-order valence-corrected chi connectivity index (χ1v) is 22.7. The van der Waals surface area contributed by atoms with E-state index in [1.54, 1.807) is 36.7 Å². The van der Waals surface area contributed by atoms with Gasteiger partial charge in [0.05, 0.1) is 0 Å². The Morgan fingerprint density at radius 1 is 1.00 bits per heavy atom. The molecular weight excluding hydrogens is 597 g/mol. The average molecular weight is 636 g/mol. The molecule has 0 unspecified atom stereocenters. The summed E-state index contributed by atoms with van der Waals surface area (Å²) in [7, 11) is -3.75. The SMILES string of the molecule is CCC[CH2][Sn]([CH2]CCC)([CH2]CCC)[N](c1nccs1)S(=O)(=O)c1ccc(N=C(C)c2ccco2)cc1. The van der Waals surface area contributed by atoms with Crippen molar-refractivity contribution >= 4 is 56.5 Å². The predicted octanol–water partition coefficient (Wildman–Crippen LogP) is 8.42. The molecular formula is C27H39N3O3S2Sn. The minimum absolute atomic E-state index is 0.317. The third-order valence-electron chi connectivity index (χ3n) is 6.56. The van der Waals surface area contributed by atoms with E-state index in [0.29, 0.717) is 21.5 Å². The number of anilines is 1. The third kappa shape index (κ3) is 7.01. The molecule has 0 N–H and O–H groups in total. The third-order valence-corrected chi connectivity index (χ3v) is 28.1. The molecule has 1 aromatic carbocycles. The van der Waals surface area contributed by atoms with Gasteiger partial charge >= 0.3 is 226 Å². The van der Waals surface area contributed by atoms with E-state index < -0.39 is 28.7 Å². The van der Waals surface area contributed by atoms with E-state index in [-0.39, 0.29) is 0 Å². The van der Waals surface area contributed by atoms with Crippen molar-refractivity contribution in [3.8, 4) is 0 Å². The molecule has 2 aromatic heterocycles. The molecule has 0 aliphatic heterocycles. The average Bonchev–Trinajstić information content (AvgIpc) is 3.60. The van der Waals surface area contributed by atoms with Crippen molar-refractivity contribution in [3.63, 3.8) is 0 Å². The first-order chi connectivity index (χ1) is 17.4. The number of benzene rings is 1. The second-order valence-electron chi connectivity index (χ2n) is 9.29. The topological polar surface area (TPSA) is 75.8 Å². The molecule has 0 fully saturated rings. The number of rotatable bonds is 15. The number of hydrogen-bond acceptors (Lipinski definition) is 6. The van der Waals surface area contributed by atoms with Crippen molar-refractivity contribution < 1.29 is 12.8 Å². The molecule has 196 valence electrons. The van der Waals surface area contributed by atoms with Crippen LogP contribution in [0.25, 0.3) is 0 Å². The summed E-state index contributed by atoms with van der Waals surface area (Å²) >= 11 is -1.98. The fraction of sp³-hybridized carbons (Fsp3) is 0.481.